The molecule has 146 valence electrons. The SMILES string of the molecule is COc1cc(C=O)ccc1OCC(=O)OCC(=O)N1CCCc2ccccc21. The van der Waals surface area contributed by atoms with Gasteiger partial charge in [0.05, 0.1) is 7.11 Å². The number of nitrogens with zero attached hydrogens (tertiary/aromatic N) is 1. The largest absolute Gasteiger partial charge is 0.493 e. The summed E-state index contributed by atoms with van der Waals surface area (Å²) in [6, 6.07) is 12.3. The van der Waals surface area contributed by atoms with Crippen LogP contribution in [0.2, 0.25) is 0 Å². The Balaban J connectivity index is 1.53. The van der Waals surface area contributed by atoms with Crippen LogP contribution in [0, 0.1) is 0 Å². The fourth-order valence-corrected chi connectivity index (χ4v) is 3.07. The lowest BCUT2D eigenvalue weighted by Crippen LogP contribution is -2.38. The van der Waals surface area contributed by atoms with Crippen molar-refractivity contribution >= 4 is 23.9 Å². The molecule has 1 amide bonds. The van der Waals surface area contributed by atoms with E-state index in [2.05, 4.69) is 0 Å². The molecule has 0 aromatic heterocycles. The van der Waals surface area contributed by atoms with Gasteiger partial charge in [-0.25, -0.2) is 4.79 Å². The maximum Gasteiger partial charge on any atom is 0.344 e. The van der Waals surface area contributed by atoms with Crippen molar-refractivity contribution in [3.63, 3.8) is 0 Å². The predicted molar refractivity (Wildman–Crippen MR) is 102 cm³/mol. The molecule has 0 aliphatic carbocycles. The van der Waals surface area contributed by atoms with E-state index in [1.165, 1.54) is 19.2 Å². The van der Waals surface area contributed by atoms with Gasteiger partial charge in [-0.1, -0.05) is 18.2 Å². The van der Waals surface area contributed by atoms with E-state index in [0.29, 0.717) is 29.9 Å². The first-order valence-corrected chi connectivity index (χ1v) is 8.92. The van der Waals surface area contributed by atoms with Gasteiger partial charge < -0.3 is 19.1 Å². The highest BCUT2D eigenvalue weighted by Crippen LogP contribution is 2.28. The Hall–Kier alpha value is -3.35. The summed E-state index contributed by atoms with van der Waals surface area (Å²) in [4.78, 5) is 36.9. The number of rotatable bonds is 7. The van der Waals surface area contributed by atoms with Gasteiger partial charge in [0, 0.05) is 17.8 Å². The quantitative estimate of drug-likeness (QED) is 0.539. The van der Waals surface area contributed by atoms with Crippen LogP contribution in [0.15, 0.2) is 42.5 Å². The zero-order valence-corrected chi connectivity index (χ0v) is 15.6. The number of esters is 1. The normalized spacial score (nSPS) is 12.7. The van der Waals surface area contributed by atoms with Gasteiger partial charge in [0.25, 0.3) is 5.91 Å². The molecular weight excluding hydrogens is 362 g/mol. The second-order valence-corrected chi connectivity index (χ2v) is 6.26. The topological polar surface area (TPSA) is 82.1 Å². The van der Waals surface area contributed by atoms with Gasteiger partial charge in [-0.05, 0) is 42.7 Å². The first-order chi connectivity index (χ1) is 13.6. The molecule has 1 aliphatic heterocycles. The van der Waals surface area contributed by atoms with Crippen LogP contribution in [-0.2, 0) is 20.7 Å². The van der Waals surface area contributed by atoms with Gasteiger partial charge in [-0.2, -0.15) is 0 Å². The minimum absolute atomic E-state index is 0.270. The van der Waals surface area contributed by atoms with Gasteiger partial charge in [-0.3, -0.25) is 9.59 Å². The minimum Gasteiger partial charge on any atom is -0.493 e. The molecule has 0 radical (unpaired) electrons. The average molecular weight is 383 g/mol. The Morgan fingerprint density at radius 1 is 1.11 bits per heavy atom. The first kappa shape index (κ1) is 19.4. The summed E-state index contributed by atoms with van der Waals surface area (Å²) in [5, 5.41) is 0. The molecule has 0 N–H and O–H groups in total. The number of methoxy groups -OCH3 is 1. The van der Waals surface area contributed by atoms with Gasteiger partial charge >= 0.3 is 5.97 Å². The van der Waals surface area contributed by atoms with E-state index in [9.17, 15) is 14.4 Å². The van der Waals surface area contributed by atoms with E-state index in [0.717, 1.165) is 24.1 Å². The fourth-order valence-electron chi connectivity index (χ4n) is 3.07. The lowest BCUT2D eigenvalue weighted by Gasteiger charge is -2.29. The standard InChI is InChI=1S/C21H21NO6/c1-26-19-11-15(12-23)8-9-18(19)27-14-21(25)28-13-20(24)22-10-4-6-16-5-2-3-7-17(16)22/h2-3,5,7-9,11-12H,4,6,10,13-14H2,1H3. The van der Waals surface area contributed by atoms with Crippen molar-refractivity contribution in [3.8, 4) is 11.5 Å². The summed E-state index contributed by atoms with van der Waals surface area (Å²) in [5.74, 6) is -0.298. The Labute approximate surface area is 162 Å². The molecular formula is C21H21NO6. The molecule has 3 rings (SSSR count). The molecule has 0 atom stereocenters. The molecule has 2 aromatic rings. The molecule has 7 heteroatoms. The number of hydrogen-bond donors (Lipinski definition) is 0. The van der Waals surface area contributed by atoms with E-state index < -0.39 is 5.97 Å². The molecule has 0 saturated heterocycles. The van der Waals surface area contributed by atoms with Crippen molar-refractivity contribution in [1.29, 1.82) is 0 Å². The molecule has 1 aliphatic rings. The summed E-state index contributed by atoms with van der Waals surface area (Å²) in [6.45, 7) is -0.122. The summed E-state index contributed by atoms with van der Waals surface area (Å²) < 4.78 is 15.6. The van der Waals surface area contributed by atoms with Crippen LogP contribution < -0.4 is 14.4 Å². The van der Waals surface area contributed by atoms with Crippen LogP contribution in [0.3, 0.4) is 0 Å². The summed E-state index contributed by atoms with van der Waals surface area (Å²) >= 11 is 0. The number of aryl methyl sites for hydroxylation is 1. The summed E-state index contributed by atoms with van der Waals surface area (Å²) in [5.41, 5.74) is 2.41. The molecule has 0 fully saturated rings. The summed E-state index contributed by atoms with van der Waals surface area (Å²) in [6.07, 6.45) is 2.49. The van der Waals surface area contributed by atoms with Gasteiger partial charge in [0.15, 0.2) is 24.7 Å². The number of anilines is 1. The number of carbonyl (C=O) groups is 3. The van der Waals surface area contributed by atoms with Crippen molar-refractivity contribution in [2.45, 2.75) is 12.8 Å². The Morgan fingerprint density at radius 2 is 1.93 bits per heavy atom. The fraction of sp³-hybridized carbons (Fsp3) is 0.286. The van der Waals surface area contributed by atoms with Crippen molar-refractivity contribution < 1.29 is 28.6 Å². The molecule has 1 heterocycles. The van der Waals surface area contributed by atoms with Crippen LogP contribution in [0.4, 0.5) is 5.69 Å². The van der Waals surface area contributed by atoms with Crippen LogP contribution in [0.5, 0.6) is 11.5 Å². The third kappa shape index (κ3) is 4.49. The lowest BCUT2D eigenvalue weighted by molar-refractivity contribution is -0.149. The first-order valence-electron chi connectivity index (χ1n) is 8.92. The van der Waals surface area contributed by atoms with Crippen LogP contribution in [-0.4, -0.2) is 45.0 Å². The highest BCUT2D eigenvalue weighted by atomic mass is 16.6. The zero-order valence-electron chi connectivity index (χ0n) is 15.6. The number of carbonyl (C=O) groups excluding carboxylic acids is 3. The van der Waals surface area contributed by atoms with E-state index in [1.807, 2.05) is 24.3 Å². The second-order valence-electron chi connectivity index (χ2n) is 6.26. The van der Waals surface area contributed by atoms with Gasteiger partial charge in [-0.15, -0.1) is 0 Å². The molecule has 2 aromatic carbocycles. The van der Waals surface area contributed by atoms with Crippen LogP contribution in [0.1, 0.15) is 22.3 Å². The van der Waals surface area contributed by atoms with Crippen LogP contribution >= 0.6 is 0 Å². The third-order valence-corrected chi connectivity index (χ3v) is 4.44. The molecule has 0 bridgehead atoms. The highest BCUT2D eigenvalue weighted by molar-refractivity contribution is 5.96. The monoisotopic (exact) mass is 383 g/mol. The number of fused-ring (bicyclic) bond motifs is 1. The smallest absolute Gasteiger partial charge is 0.344 e. The number of amides is 1. The molecule has 0 spiro atoms. The zero-order chi connectivity index (χ0) is 19.9. The number of ether oxygens (including phenoxy) is 3. The van der Waals surface area contributed by atoms with Gasteiger partial charge in [0.1, 0.15) is 6.29 Å². The van der Waals surface area contributed by atoms with Crippen molar-refractivity contribution in [1.82, 2.24) is 0 Å². The summed E-state index contributed by atoms with van der Waals surface area (Å²) in [7, 11) is 1.43. The van der Waals surface area contributed by atoms with Crippen molar-refractivity contribution in [2.24, 2.45) is 0 Å². The van der Waals surface area contributed by atoms with Gasteiger partial charge in [0.2, 0.25) is 0 Å². The van der Waals surface area contributed by atoms with Crippen LogP contribution in [0.25, 0.3) is 0 Å². The van der Waals surface area contributed by atoms with E-state index >= 15 is 0 Å². The molecule has 7 nitrogen and oxygen atoms in total. The maximum atomic E-state index is 12.5. The number of aldehydes is 1. The lowest BCUT2D eigenvalue weighted by atomic mass is 10.0. The Kier molecular flexibility index (Phi) is 6.26. The number of para-hydroxylation sites is 1. The Bertz CT molecular complexity index is 879. The number of hydrogen-bond acceptors (Lipinski definition) is 6. The van der Waals surface area contributed by atoms with Crippen molar-refractivity contribution in [2.75, 3.05) is 31.8 Å². The highest BCUT2D eigenvalue weighted by Gasteiger charge is 2.23. The van der Waals surface area contributed by atoms with E-state index in [1.54, 1.807) is 11.0 Å². The second kappa shape index (κ2) is 9.03. The Morgan fingerprint density at radius 3 is 2.71 bits per heavy atom. The average Bonchev–Trinajstić information content (AvgIpc) is 2.75. The predicted octanol–water partition coefficient (Wildman–Crippen LogP) is 2.41. The molecule has 0 saturated carbocycles. The minimum atomic E-state index is -0.667. The van der Waals surface area contributed by atoms with E-state index in [-0.39, 0.29) is 19.1 Å². The molecule has 28 heavy (non-hydrogen) atoms. The maximum absolute atomic E-state index is 12.5. The molecule has 0 unspecified atom stereocenters. The third-order valence-electron chi connectivity index (χ3n) is 4.44. The van der Waals surface area contributed by atoms with Crippen molar-refractivity contribution in [3.05, 3.63) is 53.6 Å². The number of benzene rings is 2. The van der Waals surface area contributed by atoms with E-state index in [4.69, 9.17) is 14.2 Å².